The van der Waals surface area contributed by atoms with Crippen LogP contribution in [0.1, 0.15) is 0 Å². The first-order valence-corrected chi connectivity index (χ1v) is 6.31. The van der Waals surface area contributed by atoms with Gasteiger partial charge in [0.25, 0.3) is 0 Å². The van der Waals surface area contributed by atoms with Crippen molar-refractivity contribution in [3.8, 4) is 17.2 Å². The highest BCUT2D eigenvalue weighted by molar-refractivity contribution is 5.41. The van der Waals surface area contributed by atoms with Gasteiger partial charge in [0, 0.05) is 18.2 Å². The van der Waals surface area contributed by atoms with E-state index in [0.717, 1.165) is 0 Å². The predicted octanol–water partition coefficient (Wildman–Crippen LogP) is -1.42. The Morgan fingerprint density at radius 3 is 2.33 bits per heavy atom. The highest BCUT2D eigenvalue weighted by atomic mass is 16.7. The molecule has 0 aromatic heterocycles. The molecule has 1 fully saturated rings. The highest BCUT2D eigenvalue weighted by Gasteiger charge is 2.44. The number of hydrogen-bond acceptors (Lipinski definition) is 8. The zero-order valence-corrected chi connectivity index (χ0v) is 11.3. The fourth-order valence-electron chi connectivity index (χ4n) is 2.04. The molecule has 0 aliphatic carbocycles. The van der Waals surface area contributed by atoms with Gasteiger partial charge in [-0.25, -0.2) is 0 Å². The number of aliphatic hydroxyl groups is 4. The summed E-state index contributed by atoms with van der Waals surface area (Å²) >= 11 is 0. The van der Waals surface area contributed by atoms with Crippen LogP contribution in [0, 0.1) is 0 Å². The molecular weight excluding hydrogens is 284 g/mol. The zero-order valence-electron chi connectivity index (χ0n) is 11.3. The number of phenolic OH excluding ortho intramolecular Hbond substituents is 1. The van der Waals surface area contributed by atoms with Crippen molar-refractivity contribution in [3.05, 3.63) is 18.2 Å². The first-order chi connectivity index (χ1) is 9.96. The minimum atomic E-state index is -1.53. The van der Waals surface area contributed by atoms with Crippen molar-refractivity contribution in [1.82, 2.24) is 0 Å². The molecule has 1 saturated heterocycles. The summed E-state index contributed by atoms with van der Waals surface area (Å²) in [6.45, 7) is -0.547. The number of phenols is 1. The van der Waals surface area contributed by atoms with Crippen LogP contribution in [0.3, 0.4) is 0 Å². The molecule has 1 aliphatic rings. The third kappa shape index (κ3) is 3.36. The molecule has 0 radical (unpaired) electrons. The second kappa shape index (κ2) is 6.46. The van der Waals surface area contributed by atoms with Crippen molar-refractivity contribution in [3.63, 3.8) is 0 Å². The molecular formula is C13H18O8. The lowest BCUT2D eigenvalue weighted by Crippen LogP contribution is -2.60. The molecule has 0 amide bonds. The Kier molecular flexibility index (Phi) is 4.86. The number of ether oxygens (including phenoxy) is 3. The van der Waals surface area contributed by atoms with Crippen LogP contribution < -0.4 is 9.47 Å². The van der Waals surface area contributed by atoms with Crippen LogP contribution in [0.15, 0.2) is 18.2 Å². The minimum Gasteiger partial charge on any atom is -0.508 e. The first-order valence-electron chi connectivity index (χ1n) is 6.31. The molecule has 8 heteroatoms. The molecule has 8 nitrogen and oxygen atoms in total. The molecule has 0 unspecified atom stereocenters. The van der Waals surface area contributed by atoms with E-state index in [1.54, 1.807) is 0 Å². The van der Waals surface area contributed by atoms with Gasteiger partial charge in [0.2, 0.25) is 6.29 Å². The zero-order chi connectivity index (χ0) is 15.6. The molecule has 0 bridgehead atoms. The summed E-state index contributed by atoms with van der Waals surface area (Å²) in [4.78, 5) is 0. The Labute approximate surface area is 120 Å². The van der Waals surface area contributed by atoms with Crippen molar-refractivity contribution in [2.75, 3.05) is 13.7 Å². The van der Waals surface area contributed by atoms with Crippen LogP contribution in [0.4, 0.5) is 0 Å². The number of aromatic hydroxyl groups is 1. The number of methoxy groups -OCH3 is 1. The number of benzene rings is 1. The second-order valence-electron chi connectivity index (χ2n) is 4.68. The monoisotopic (exact) mass is 302 g/mol. The summed E-state index contributed by atoms with van der Waals surface area (Å²) in [5.41, 5.74) is 0. The summed E-state index contributed by atoms with van der Waals surface area (Å²) < 4.78 is 15.5. The maximum Gasteiger partial charge on any atom is 0.229 e. The standard InChI is InChI=1S/C13H18O8/c1-19-7-2-6(15)3-8(4-7)20-13-12(18)11(17)10(16)9(5-14)21-13/h2-4,9-18H,5H2,1H3/t9-,10+,11+,12-,13-/m0/s1. The van der Waals surface area contributed by atoms with Crippen LogP contribution in [0.5, 0.6) is 17.2 Å². The van der Waals surface area contributed by atoms with E-state index < -0.39 is 37.3 Å². The van der Waals surface area contributed by atoms with Crippen molar-refractivity contribution >= 4 is 0 Å². The van der Waals surface area contributed by atoms with Crippen LogP contribution >= 0.6 is 0 Å². The number of rotatable bonds is 4. The summed E-state index contributed by atoms with van der Waals surface area (Å²) in [6, 6.07) is 4.07. The van der Waals surface area contributed by atoms with E-state index in [-0.39, 0.29) is 11.5 Å². The van der Waals surface area contributed by atoms with Gasteiger partial charge in [0.1, 0.15) is 41.7 Å². The molecule has 0 saturated carbocycles. The Bertz CT molecular complexity index is 477. The van der Waals surface area contributed by atoms with Crippen molar-refractivity contribution < 1.29 is 39.7 Å². The summed E-state index contributed by atoms with van der Waals surface area (Å²) in [5.74, 6) is 0.347. The Morgan fingerprint density at radius 1 is 1.05 bits per heavy atom. The first kappa shape index (κ1) is 15.8. The molecule has 2 rings (SSSR count). The van der Waals surface area contributed by atoms with E-state index in [1.165, 1.54) is 25.3 Å². The van der Waals surface area contributed by atoms with Crippen molar-refractivity contribution in [1.29, 1.82) is 0 Å². The topological polar surface area (TPSA) is 129 Å². The molecule has 5 atom stereocenters. The molecule has 0 spiro atoms. The minimum absolute atomic E-state index is 0.117. The van der Waals surface area contributed by atoms with Gasteiger partial charge in [-0.15, -0.1) is 0 Å². The second-order valence-corrected chi connectivity index (χ2v) is 4.68. The summed E-state index contributed by atoms with van der Waals surface area (Å²) in [7, 11) is 1.41. The van der Waals surface area contributed by atoms with Gasteiger partial charge in [-0.05, 0) is 0 Å². The van der Waals surface area contributed by atoms with Gasteiger partial charge >= 0.3 is 0 Å². The smallest absolute Gasteiger partial charge is 0.229 e. The molecule has 21 heavy (non-hydrogen) atoms. The van der Waals surface area contributed by atoms with Gasteiger partial charge in [-0.1, -0.05) is 0 Å². The van der Waals surface area contributed by atoms with E-state index in [1.807, 2.05) is 0 Å². The largest absolute Gasteiger partial charge is 0.508 e. The van der Waals surface area contributed by atoms with Gasteiger partial charge in [0.05, 0.1) is 13.7 Å². The van der Waals surface area contributed by atoms with E-state index in [2.05, 4.69) is 0 Å². The molecule has 1 aliphatic heterocycles. The molecule has 118 valence electrons. The summed E-state index contributed by atoms with van der Waals surface area (Å²) in [6.07, 6.45) is -6.88. The number of aliphatic hydroxyl groups excluding tert-OH is 4. The van der Waals surface area contributed by atoms with Gasteiger partial charge in [-0.2, -0.15) is 0 Å². The van der Waals surface area contributed by atoms with Crippen molar-refractivity contribution in [2.45, 2.75) is 30.7 Å². The fraction of sp³-hybridized carbons (Fsp3) is 0.538. The lowest BCUT2D eigenvalue weighted by atomic mass is 9.99. The third-order valence-corrected chi connectivity index (χ3v) is 3.20. The maximum atomic E-state index is 9.84. The van der Waals surface area contributed by atoms with Crippen LogP contribution in [-0.2, 0) is 4.74 Å². The maximum absolute atomic E-state index is 9.84. The van der Waals surface area contributed by atoms with E-state index in [9.17, 15) is 20.4 Å². The van der Waals surface area contributed by atoms with Crippen LogP contribution in [0.2, 0.25) is 0 Å². The Hall–Kier alpha value is -1.58. The molecule has 5 N–H and O–H groups in total. The molecule has 1 aromatic rings. The fourth-order valence-corrected chi connectivity index (χ4v) is 2.04. The van der Waals surface area contributed by atoms with Crippen LogP contribution in [0.25, 0.3) is 0 Å². The van der Waals surface area contributed by atoms with E-state index in [4.69, 9.17) is 19.3 Å². The van der Waals surface area contributed by atoms with Gasteiger partial charge < -0.3 is 39.7 Å². The average Bonchev–Trinajstić information content (AvgIpc) is 2.47. The number of hydrogen-bond donors (Lipinski definition) is 5. The molecule has 1 heterocycles. The molecule has 1 aromatic carbocycles. The lowest BCUT2D eigenvalue weighted by Gasteiger charge is -2.39. The SMILES string of the molecule is COc1cc(O)cc(O[C@H]2O[C@@H](CO)[C@@H](O)[C@@H](O)[C@@H]2O)c1. The van der Waals surface area contributed by atoms with Gasteiger partial charge in [0.15, 0.2) is 0 Å². The summed E-state index contributed by atoms with van der Waals surface area (Å²) in [5, 5.41) is 47.8. The highest BCUT2D eigenvalue weighted by Crippen LogP contribution is 2.30. The van der Waals surface area contributed by atoms with Gasteiger partial charge in [-0.3, -0.25) is 0 Å². The van der Waals surface area contributed by atoms with Crippen LogP contribution in [-0.4, -0.2) is 70.0 Å². The predicted molar refractivity (Wildman–Crippen MR) is 69.1 cm³/mol. The Balaban J connectivity index is 2.16. The van der Waals surface area contributed by atoms with E-state index >= 15 is 0 Å². The average molecular weight is 302 g/mol. The Morgan fingerprint density at radius 2 is 1.71 bits per heavy atom. The van der Waals surface area contributed by atoms with Crippen molar-refractivity contribution in [2.24, 2.45) is 0 Å². The lowest BCUT2D eigenvalue weighted by molar-refractivity contribution is -0.277. The quantitative estimate of drug-likeness (QED) is 0.458. The third-order valence-electron chi connectivity index (χ3n) is 3.20. The van der Waals surface area contributed by atoms with E-state index in [0.29, 0.717) is 5.75 Å². The normalized spacial score (nSPS) is 32.7.